The fraction of sp³-hybridized carbons (Fsp3) is 0.167. The molecule has 1 aliphatic heterocycles. The number of fused-ring (bicyclic) bond motifs is 2. The molecule has 190 valence electrons. The van der Waals surface area contributed by atoms with Gasteiger partial charge in [0.05, 0.1) is 29.0 Å². The lowest BCUT2D eigenvalue weighted by molar-refractivity contribution is -0.137. The molecule has 1 aliphatic rings. The molecule has 0 unspecified atom stereocenters. The van der Waals surface area contributed by atoms with Crippen molar-refractivity contribution in [3.63, 3.8) is 0 Å². The van der Waals surface area contributed by atoms with E-state index >= 15 is 0 Å². The summed E-state index contributed by atoms with van der Waals surface area (Å²) in [4.78, 5) is 33.5. The maximum atomic E-state index is 14.1. The summed E-state index contributed by atoms with van der Waals surface area (Å²) in [6.07, 6.45) is -2.68. The maximum absolute atomic E-state index is 14.1. The van der Waals surface area contributed by atoms with Crippen LogP contribution in [0.2, 0.25) is 0 Å². The molecule has 5 rings (SSSR count). The van der Waals surface area contributed by atoms with Gasteiger partial charge in [-0.1, -0.05) is 0 Å². The van der Waals surface area contributed by atoms with Crippen molar-refractivity contribution < 1.29 is 37.0 Å². The van der Waals surface area contributed by atoms with Crippen LogP contribution in [0.4, 0.5) is 32.8 Å². The number of carbonyl (C=O) groups excluding carboxylic acids is 1. The predicted octanol–water partition coefficient (Wildman–Crippen LogP) is 5.50. The van der Waals surface area contributed by atoms with E-state index in [9.17, 15) is 32.3 Å². The number of alkyl halides is 3. The number of benzene rings is 2. The molecule has 0 saturated heterocycles. The molecule has 9 nitrogen and oxygen atoms in total. The molecule has 2 N–H and O–H groups in total. The van der Waals surface area contributed by atoms with E-state index in [1.165, 1.54) is 17.4 Å². The third-order valence-electron chi connectivity index (χ3n) is 5.87. The van der Waals surface area contributed by atoms with E-state index < -0.39 is 35.4 Å². The van der Waals surface area contributed by atoms with Crippen molar-refractivity contribution in [3.05, 3.63) is 77.6 Å². The van der Waals surface area contributed by atoms with Crippen molar-refractivity contribution in [1.29, 1.82) is 0 Å². The van der Waals surface area contributed by atoms with E-state index in [4.69, 9.17) is 4.74 Å². The highest BCUT2D eigenvalue weighted by Gasteiger charge is 2.31. The number of nitrogens with zero attached hydrogens (tertiary/aromatic N) is 4. The van der Waals surface area contributed by atoms with Crippen molar-refractivity contribution in [2.75, 3.05) is 11.9 Å². The van der Waals surface area contributed by atoms with E-state index in [1.807, 2.05) is 0 Å². The number of amides is 2. The first-order chi connectivity index (χ1) is 17.6. The summed E-state index contributed by atoms with van der Waals surface area (Å²) in [5, 5.41) is 11.9. The molecular formula is C24H17F4N5O4. The third-order valence-corrected chi connectivity index (χ3v) is 5.87. The van der Waals surface area contributed by atoms with Gasteiger partial charge in [0.15, 0.2) is 0 Å². The van der Waals surface area contributed by atoms with Crippen molar-refractivity contribution in [3.8, 4) is 11.6 Å². The molecule has 0 radical (unpaired) electrons. The predicted molar refractivity (Wildman–Crippen MR) is 122 cm³/mol. The van der Waals surface area contributed by atoms with Gasteiger partial charge in [-0.25, -0.2) is 23.9 Å². The Hall–Kier alpha value is -4.68. The Bertz CT molecular complexity index is 1540. The van der Waals surface area contributed by atoms with Gasteiger partial charge >= 0.3 is 18.3 Å². The summed E-state index contributed by atoms with van der Waals surface area (Å²) in [5.74, 6) is -0.337. The van der Waals surface area contributed by atoms with E-state index in [1.54, 1.807) is 24.3 Å². The minimum atomic E-state index is -4.69. The first-order valence-electron chi connectivity index (χ1n) is 10.9. The lowest BCUT2D eigenvalue weighted by Gasteiger charge is -2.26. The zero-order chi connectivity index (χ0) is 26.3. The van der Waals surface area contributed by atoms with Gasteiger partial charge in [-0.15, -0.1) is 0 Å². The Labute approximate surface area is 205 Å². The van der Waals surface area contributed by atoms with Crippen LogP contribution in [0.3, 0.4) is 0 Å². The zero-order valence-corrected chi connectivity index (χ0v) is 18.8. The summed E-state index contributed by atoms with van der Waals surface area (Å²) in [5.41, 5.74) is -0.0499. The monoisotopic (exact) mass is 515 g/mol. The van der Waals surface area contributed by atoms with Crippen LogP contribution < -0.4 is 10.1 Å². The first-order valence-corrected chi connectivity index (χ1v) is 10.9. The van der Waals surface area contributed by atoms with Gasteiger partial charge in [0, 0.05) is 23.7 Å². The molecule has 2 amide bonds. The Balaban J connectivity index is 1.37. The number of carboxylic acid groups (broad SMARTS) is 1. The van der Waals surface area contributed by atoms with E-state index in [2.05, 4.69) is 15.3 Å². The highest BCUT2D eigenvalue weighted by Crippen LogP contribution is 2.33. The zero-order valence-electron chi connectivity index (χ0n) is 18.8. The number of carbonyl (C=O) groups is 2. The van der Waals surface area contributed by atoms with Gasteiger partial charge in [0.1, 0.15) is 17.9 Å². The number of nitrogens with one attached hydrogen (secondary N) is 1. The van der Waals surface area contributed by atoms with Gasteiger partial charge in [-0.05, 0) is 48.9 Å². The fourth-order valence-corrected chi connectivity index (χ4v) is 4.02. The minimum Gasteiger partial charge on any atom is -0.465 e. The molecule has 13 heteroatoms. The summed E-state index contributed by atoms with van der Waals surface area (Å²) >= 11 is 0. The van der Waals surface area contributed by atoms with Gasteiger partial charge < -0.3 is 20.1 Å². The molecule has 0 atom stereocenters. The molecule has 2 aromatic carbocycles. The van der Waals surface area contributed by atoms with Crippen LogP contribution in [-0.2, 0) is 19.1 Å². The van der Waals surface area contributed by atoms with Crippen LogP contribution in [0.25, 0.3) is 10.9 Å². The van der Waals surface area contributed by atoms with Gasteiger partial charge in [-0.2, -0.15) is 13.2 Å². The second-order valence-corrected chi connectivity index (χ2v) is 8.19. The number of aromatic nitrogens is 3. The lowest BCUT2D eigenvalue weighted by atomic mass is 10.1. The molecule has 0 spiro atoms. The van der Waals surface area contributed by atoms with Crippen LogP contribution in [-0.4, -0.2) is 43.2 Å². The molecule has 0 fully saturated rings. The number of rotatable bonds is 3. The van der Waals surface area contributed by atoms with E-state index in [0.29, 0.717) is 52.5 Å². The molecule has 4 aromatic rings. The van der Waals surface area contributed by atoms with Crippen LogP contribution in [0.1, 0.15) is 16.8 Å². The lowest BCUT2D eigenvalue weighted by Crippen LogP contribution is -2.35. The molecule has 0 saturated carbocycles. The molecule has 3 heterocycles. The number of ether oxygens (including phenoxy) is 1. The van der Waals surface area contributed by atoms with Gasteiger partial charge in [0.2, 0.25) is 5.88 Å². The number of anilines is 1. The quantitative estimate of drug-likeness (QED) is 0.349. The van der Waals surface area contributed by atoms with Crippen LogP contribution in [0.5, 0.6) is 11.6 Å². The standard InChI is InChI=1S/C24H17F4N5O4/c25-17-3-1-14(24(26,27)28)10-18(17)31-22(34)33-8-5-13-9-15(2-4-20(13)33)37-21-16-6-7-32(23(35)36)11-19(16)29-12-30-21/h1-5,8-10,12H,6-7,11H2,(H,31,34)(H,35,36). The van der Waals surface area contributed by atoms with Crippen molar-refractivity contribution in [2.45, 2.75) is 19.1 Å². The van der Waals surface area contributed by atoms with Crippen LogP contribution in [0.15, 0.2) is 55.0 Å². The summed E-state index contributed by atoms with van der Waals surface area (Å²) < 4.78 is 60.0. The molecule has 0 bridgehead atoms. The molecule has 2 aromatic heterocycles. The topological polar surface area (TPSA) is 110 Å². The Morgan fingerprint density at radius 3 is 2.65 bits per heavy atom. The molecular weight excluding hydrogens is 498 g/mol. The third kappa shape index (κ3) is 4.75. The van der Waals surface area contributed by atoms with Crippen LogP contribution in [0, 0.1) is 5.82 Å². The summed E-state index contributed by atoms with van der Waals surface area (Å²) in [6, 6.07) is 7.26. The highest BCUT2D eigenvalue weighted by molar-refractivity contribution is 5.98. The Morgan fingerprint density at radius 1 is 1.08 bits per heavy atom. The fourth-order valence-electron chi connectivity index (χ4n) is 4.02. The van der Waals surface area contributed by atoms with Crippen molar-refractivity contribution in [2.24, 2.45) is 0 Å². The van der Waals surface area contributed by atoms with Gasteiger partial charge in [0.25, 0.3) is 0 Å². The summed E-state index contributed by atoms with van der Waals surface area (Å²) in [7, 11) is 0. The van der Waals surface area contributed by atoms with Crippen LogP contribution >= 0.6 is 0 Å². The Kier molecular flexibility index (Phi) is 5.90. The van der Waals surface area contributed by atoms with Crippen molar-refractivity contribution in [1.82, 2.24) is 19.4 Å². The minimum absolute atomic E-state index is 0.118. The maximum Gasteiger partial charge on any atom is 0.416 e. The van der Waals surface area contributed by atoms with E-state index in [-0.39, 0.29) is 19.0 Å². The molecule has 0 aliphatic carbocycles. The average Bonchev–Trinajstić information content (AvgIpc) is 3.28. The Morgan fingerprint density at radius 2 is 1.89 bits per heavy atom. The highest BCUT2D eigenvalue weighted by atomic mass is 19.4. The second-order valence-electron chi connectivity index (χ2n) is 8.19. The average molecular weight is 515 g/mol. The summed E-state index contributed by atoms with van der Waals surface area (Å²) in [6.45, 7) is 0.391. The number of hydrogen-bond donors (Lipinski definition) is 2. The number of halogens is 4. The molecule has 37 heavy (non-hydrogen) atoms. The smallest absolute Gasteiger partial charge is 0.416 e. The van der Waals surface area contributed by atoms with Gasteiger partial charge in [-0.3, -0.25) is 4.57 Å². The SMILES string of the molecule is O=C(O)N1CCc2c(ncnc2Oc2ccc3c(ccn3C(=O)Nc3cc(C(F)(F)F)ccc3F)c2)C1. The number of hydrogen-bond acceptors (Lipinski definition) is 5. The largest absolute Gasteiger partial charge is 0.465 e. The second kappa shape index (κ2) is 9.08. The first kappa shape index (κ1) is 24.0. The normalized spacial score (nSPS) is 13.4. The van der Waals surface area contributed by atoms with E-state index in [0.717, 1.165) is 4.57 Å². The van der Waals surface area contributed by atoms with Crippen molar-refractivity contribution >= 4 is 28.7 Å².